The first kappa shape index (κ1) is 17.7. The number of rotatable bonds is 6. The number of pyridine rings is 1. The van der Waals surface area contributed by atoms with Crippen LogP contribution in [-0.2, 0) is 14.8 Å². The summed E-state index contributed by atoms with van der Waals surface area (Å²) in [5, 5.41) is 5.15. The zero-order chi connectivity index (χ0) is 18.6. The summed E-state index contributed by atoms with van der Waals surface area (Å²) >= 11 is 0. The van der Waals surface area contributed by atoms with Crippen molar-refractivity contribution >= 4 is 33.3 Å². The van der Waals surface area contributed by atoms with Crippen LogP contribution in [0.1, 0.15) is 22.8 Å². The Hall–Kier alpha value is -3.13. The summed E-state index contributed by atoms with van der Waals surface area (Å²) in [5.41, 5.74) is 1.82. The van der Waals surface area contributed by atoms with Crippen molar-refractivity contribution in [3.05, 3.63) is 71.4 Å². The summed E-state index contributed by atoms with van der Waals surface area (Å²) in [5.74, 6) is -0.508. The highest BCUT2D eigenvalue weighted by Crippen LogP contribution is 2.18. The van der Waals surface area contributed by atoms with Crippen LogP contribution in [0.25, 0.3) is 11.6 Å². The Morgan fingerprint density at radius 3 is 2.77 bits per heavy atom. The molecule has 0 atom stereocenters. The summed E-state index contributed by atoms with van der Waals surface area (Å²) in [6.45, 7) is 1.95. The zero-order valence-corrected chi connectivity index (χ0v) is 14.8. The van der Waals surface area contributed by atoms with E-state index in [-0.39, 0.29) is 12.2 Å². The van der Waals surface area contributed by atoms with Crippen LogP contribution in [0.5, 0.6) is 0 Å². The van der Waals surface area contributed by atoms with E-state index < -0.39 is 16.0 Å². The van der Waals surface area contributed by atoms with Gasteiger partial charge in [0.1, 0.15) is 5.56 Å². The van der Waals surface area contributed by atoms with Gasteiger partial charge >= 0.3 is 5.97 Å². The fourth-order valence-electron chi connectivity index (χ4n) is 2.34. The van der Waals surface area contributed by atoms with Crippen molar-refractivity contribution in [1.29, 1.82) is 0 Å². The first-order valence-corrected chi connectivity index (χ1v) is 9.43. The predicted octanol–water partition coefficient (Wildman–Crippen LogP) is 2.92. The molecule has 0 spiro atoms. The average molecular weight is 371 g/mol. The Bertz CT molecular complexity index is 1060. The molecule has 134 valence electrons. The Labute approximate surface area is 151 Å². The molecule has 2 aromatic heterocycles. The van der Waals surface area contributed by atoms with Gasteiger partial charge < -0.3 is 4.74 Å². The summed E-state index contributed by atoms with van der Waals surface area (Å²) in [7, 11) is -3.70. The van der Waals surface area contributed by atoms with Gasteiger partial charge in [-0.1, -0.05) is 30.3 Å². The van der Waals surface area contributed by atoms with Crippen LogP contribution in [0.15, 0.2) is 60.3 Å². The standard InChI is InChI=1S/C18H17N3O4S/c1-2-25-18(22)16-13-19-21-10-8-15(12-17(16)21)20-26(23,24)11-9-14-6-4-3-5-7-14/h3-13,20H,2H2,1H3/b11-9+. The number of anilines is 1. The van der Waals surface area contributed by atoms with Crippen molar-refractivity contribution in [2.24, 2.45) is 0 Å². The predicted molar refractivity (Wildman–Crippen MR) is 99.2 cm³/mol. The highest BCUT2D eigenvalue weighted by atomic mass is 32.2. The summed E-state index contributed by atoms with van der Waals surface area (Å²) in [6.07, 6.45) is 4.46. The number of ether oxygens (including phenoxy) is 1. The second-order valence-electron chi connectivity index (χ2n) is 5.38. The van der Waals surface area contributed by atoms with Gasteiger partial charge in [-0.3, -0.25) is 4.72 Å². The van der Waals surface area contributed by atoms with Crippen molar-refractivity contribution in [3.63, 3.8) is 0 Å². The quantitative estimate of drug-likeness (QED) is 0.673. The van der Waals surface area contributed by atoms with Crippen LogP contribution in [0, 0.1) is 0 Å². The van der Waals surface area contributed by atoms with E-state index in [4.69, 9.17) is 4.74 Å². The number of hydrogen-bond donors (Lipinski definition) is 1. The van der Waals surface area contributed by atoms with E-state index in [0.717, 1.165) is 11.0 Å². The maximum Gasteiger partial charge on any atom is 0.341 e. The first-order valence-electron chi connectivity index (χ1n) is 7.89. The smallest absolute Gasteiger partial charge is 0.341 e. The van der Waals surface area contributed by atoms with E-state index in [0.29, 0.717) is 11.2 Å². The number of sulfonamides is 1. The normalized spacial score (nSPS) is 11.7. The van der Waals surface area contributed by atoms with E-state index in [9.17, 15) is 13.2 Å². The molecule has 0 saturated carbocycles. The molecular weight excluding hydrogens is 354 g/mol. The van der Waals surface area contributed by atoms with E-state index in [1.54, 1.807) is 31.3 Å². The molecule has 7 nitrogen and oxygen atoms in total. The van der Waals surface area contributed by atoms with E-state index >= 15 is 0 Å². The highest BCUT2D eigenvalue weighted by molar-refractivity contribution is 7.95. The van der Waals surface area contributed by atoms with Crippen molar-refractivity contribution in [1.82, 2.24) is 9.61 Å². The number of fused-ring (bicyclic) bond motifs is 1. The molecule has 0 aliphatic carbocycles. The fraction of sp³-hybridized carbons (Fsp3) is 0.111. The van der Waals surface area contributed by atoms with Crippen molar-refractivity contribution in [3.8, 4) is 0 Å². The summed E-state index contributed by atoms with van der Waals surface area (Å²) in [6, 6.07) is 12.2. The number of hydrogen-bond acceptors (Lipinski definition) is 5. The molecule has 0 unspecified atom stereocenters. The number of nitrogens with one attached hydrogen (secondary N) is 1. The Balaban J connectivity index is 1.85. The van der Waals surface area contributed by atoms with Gasteiger partial charge in [0.15, 0.2) is 0 Å². The van der Waals surface area contributed by atoms with Gasteiger partial charge in [-0.2, -0.15) is 5.10 Å². The van der Waals surface area contributed by atoms with Crippen molar-refractivity contribution < 1.29 is 17.9 Å². The Morgan fingerprint density at radius 2 is 2.04 bits per heavy atom. The lowest BCUT2D eigenvalue weighted by atomic mass is 10.2. The number of benzene rings is 1. The van der Waals surface area contributed by atoms with Gasteiger partial charge in [-0.25, -0.2) is 17.7 Å². The molecular formula is C18H17N3O4S. The lowest BCUT2D eigenvalue weighted by molar-refractivity contribution is 0.0528. The second-order valence-corrected chi connectivity index (χ2v) is 6.95. The molecule has 2 heterocycles. The molecule has 0 fully saturated rings. The second kappa shape index (κ2) is 7.40. The SMILES string of the molecule is CCOC(=O)c1cnn2ccc(NS(=O)(=O)/C=C/c3ccccc3)cc12. The number of aromatic nitrogens is 2. The molecule has 3 aromatic rings. The molecule has 0 bridgehead atoms. The Morgan fingerprint density at radius 1 is 1.27 bits per heavy atom. The third-order valence-corrected chi connectivity index (χ3v) is 4.53. The third kappa shape index (κ3) is 4.09. The van der Waals surface area contributed by atoms with Crippen LogP contribution in [0.2, 0.25) is 0 Å². The molecule has 8 heteroatoms. The summed E-state index contributed by atoms with van der Waals surface area (Å²) in [4.78, 5) is 12.0. The van der Waals surface area contributed by atoms with Crippen LogP contribution in [0.3, 0.4) is 0 Å². The minimum Gasteiger partial charge on any atom is -0.462 e. The monoisotopic (exact) mass is 371 g/mol. The van der Waals surface area contributed by atoms with Gasteiger partial charge in [0.05, 0.1) is 29.4 Å². The maximum absolute atomic E-state index is 12.3. The zero-order valence-electron chi connectivity index (χ0n) is 14.0. The lowest BCUT2D eigenvalue weighted by Gasteiger charge is -2.06. The number of carbonyl (C=O) groups excluding carboxylic acids is 1. The fourth-order valence-corrected chi connectivity index (χ4v) is 3.20. The molecule has 0 radical (unpaired) electrons. The number of carbonyl (C=O) groups is 1. The molecule has 1 aromatic carbocycles. The minimum absolute atomic E-state index is 0.243. The third-order valence-electron chi connectivity index (χ3n) is 3.52. The summed E-state index contributed by atoms with van der Waals surface area (Å²) < 4.78 is 33.4. The van der Waals surface area contributed by atoms with Gasteiger partial charge in [-0.15, -0.1) is 0 Å². The first-order chi connectivity index (χ1) is 12.5. The average Bonchev–Trinajstić information content (AvgIpc) is 3.04. The molecule has 0 aliphatic heterocycles. The molecule has 0 amide bonds. The lowest BCUT2D eigenvalue weighted by Crippen LogP contribution is -2.09. The van der Waals surface area contributed by atoms with Crippen LogP contribution >= 0.6 is 0 Å². The van der Waals surface area contributed by atoms with Crippen molar-refractivity contribution in [2.45, 2.75) is 6.92 Å². The molecule has 0 saturated heterocycles. The maximum atomic E-state index is 12.3. The van der Waals surface area contributed by atoms with Crippen LogP contribution in [0.4, 0.5) is 5.69 Å². The van der Waals surface area contributed by atoms with Gasteiger partial charge in [0.25, 0.3) is 10.0 Å². The van der Waals surface area contributed by atoms with Gasteiger partial charge in [0.2, 0.25) is 0 Å². The molecule has 3 rings (SSSR count). The number of nitrogens with zero attached hydrogens (tertiary/aromatic N) is 2. The molecule has 26 heavy (non-hydrogen) atoms. The minimum atomic E-state index is -3.70. The topological polar surface area (TPSA) is 89.8 Å². The van der Waals surface area contributed by atoms with Gasteiger partial charge in [-0.05, 0) is 30.7 Å². The van der Waals surface area contributed by atoms with Crippen molar-refractivity contribution in [2.75, 3.05) is 11.3 Å². The van der Waals surface area contributed by atoms with E-state index in [1.807, 2.05) is 18.2 Å². The molecule has 0 aliphatic rings. The largest absolute Gasteiger partial charge is 0.462 e. The van der Waals surface area contributed by atoms with Gasteiger partial charge in [0, 0.05) is 6.20 Å². The number of esters is 1. The van der Waals surface area contributed by atoms with E-state index in [1.165, 1.54) is 22.9 Å². The van der Waals surface area contributed by atoms with E-state index in [2.05, 4.69) is 9.82 Å². The van der Waals surface area contributed by atoms with Crippen LogP contribution < -0.4 is 4.72 Å². The highest BCUT2D eigenvalue weighted by Gasteiger charge is 2.15. The molecule has 1 N–H and O–H groups in total. The Kier molecular flexibility index (Phi) is 5.04. The van der Waals surface area contributed by atoms with Crippen LogP contribution in [-0.4, -0.2) is 30.6 Å².